The smallest absolute Gasteiger partial charge is 0.410 e. The minimum Gasteiger partial charge on any atom is -0.444 e. The molecule has 0 saturated carbocycles. The van der Waals surface area contributed by atoms with Crippen molar-refractivity contribution in [1.29, 1.82) is 0 Å². The number of carbonyl (C=O) groups excluding carboxylic acids is 2. The number of ether oxygens (including phenoxy) is 1. The van der Waals surface area contributed by atoms with E-state index in [1.807, 2.05) is 20.8 Å². The van der Waals surface area contributed by atoms with Crippen LogP contribution in [0, 0.1) is 5.92 Å². The molecule has 1 fully saturated rings. The molecule has 0 aromatic rings. The third-order valence-corrected chi connectivity index (χ3v) is 3.01. The number of carbonyl (C=O) groups is 2. The Morgan fingerprint density at radius 1 is 1.42 bits per heavy atom. The van der Waals surface area contributed by atoms with Crippen molar-refractivity contribution >= 4 is 12.0 Å². The number of aliphatic hydroxyl groups is 1. The van der Waals surface area contributed by atoms with E-state index in [4.69, 9.17) is 4.74 Å². The highest BCUT2D eigenvalue weighted by atomic mass is 16.6. The maximum Gasteiger partial charge on any atom is 0.410 e. The van der Waals surface area contributed by atoms with Crippen LogP contribution in [0.3, 0.4) is 0 Å². The number of likely N-dealkylation sites (tertiary alicyclic amines) is 1. The second kappa shape index (κ2) is 6.23. The first-order valence-corrected chi connectivity index (χ1v) is 6.59. The van der Waals surface area contributed by atoms with Crippen molar-refractivity contribution in [3.05, 3.63) is 0 Å². The molecule has 2 amide bonds. The summed E-state index contributed by atoms with van der Waals surface area (Å²) in [5.41, 5.74) is -0.528. The lowest BCUT2D eigenvalue weighted by Crippen LogP contribution is -2.53. The van der Waals surface area contributed by atoms with Gasteiger partial charge in [0, 0.05) is 38.6 Å². The molecule has 1 saturated heterocycles. The third-order valence-electron chi connectivity index (χ3n) is 3.01. The second-order valence-electron chi connectivity index (χ2n) is 5.96. The summed E-state index contributed by atoms with van der Waals surface area (Å²) in [4.78, 5) is 24.6. The largest absolute Gasteiger partial charge is 0.444 e. The molecule has 1 aliphatic rings. The first kappa shape index (κ1) is 15.8. The number of nitrogens with zero attached hydrogens (tertiary/aromatic N) is 1. The van der Waals surface area contributed by atoms with Crippen LogP contribution in [0.25, 0.3) is 0 Å². The fourth-order valence-corrected chi connectivity index (χ4v) is 2.16. The fourth-order valence-electron chi connectivity index (χ4n) is 2.16. The monoisotopic (exact) mass is 272 g/mol. The van der Waals surface area contributed by atoms with Gasteiger partial charge in [-0.1, -0.05) is 0 Å². The van der Waals surface area contributed by atoms with E-state index in [1.54, 1.807) is 4.90 Å². The molecular weight excluding hydrogens is 248 g/mol. The standard InChI is InChI=1S/C13H24N2O4/c1-9(17)14-11-5-6-15(7-10(11)8-16)12(18)19-13(2,3)4/h10-11,16H,5-8H2,1-4H3,(H,14,17). The zero-order valence-electron chi connectivity index (χ0n) is 12.1. The lowest BCUT2D eigenvalue weighted by molar-refractivity contribution is -0.120. The molecule has 1 rings (SSSR count). The predicted molar refractivity (Wildman–Crippen MR) is 70.6 cm³/mol. The number of hydrogen-bond acceptors (Lipinski definition) is 4. The minimum absolute atomic E-state index is 0.0652. The van der Waals surface area contributed by atoms with E-state index in [9.17, 15) is 14.7 Å². The number of piperidine rings is 1. The van der Waals surface area contributed by atoms with Crippen LogP contribution >= 0.6 is 0 Å². The Bertz CT molecular complexity index is 338. The number of amides is 2. The zero-order valence-corrected chi connectivity index (χ0v) is 12.1. The van der Waals surface area contributed by atoms with Crippen LogP contribution in [-0.4, -0.2) is 53.3 Å². The quantitative estimate of drug-likeness (QED) is 0.777. The van der Waals surface area contributed by atoms with Gasteiger partial charge in [-0.15, -0.1) is 0 Å². The SMILES string of the molecule is CC(=O)NC1CCN(C(=O)OC(C)(C)C)CC1CO. The Hall–Kier alpha value is -1.30. The molecule has 0 aromatic carbocycles. The Morgan fingerprint density at radius 3 is 2.53 bits per heavy atom. The van der Waals surface area contributed by atoms with Crippen molar-refractivity contribution in [2.45, 2.75) is 45.8 Å². The van der Waals surface area contributed by atoms with Gasteiger partial charge < -0.3 is 20.1 Å². The lowest BCUT2D eigenvalue weighted by Gasteiger charge is -2.38. The van der Waals surface area contributed by atoms with Gasteiger partial charge in [-0.05, 0) is 27.2 Å². The summed E-state index contributed by atoms with van der Waals surface area (Å²) in [5.74, 6) is -0.265. The van der Waals surface area contributed by atoms with Crippen molar-refractivity contribution < 1.29 is 19.4 Å². The maximum absolute atomic E-state index is 11.9. The molecule has 1 heterocycles. The van der Waals surface area contributed by atoms with Crippen LogP contribution < -0.4 is 5.32 Å². The highest BCUT2D eigenvalue weighted by molar-refractivity contribution is 5.73. The molecule has 0 aromatic heterocycles. The van der Waals surface area contributed by atoms with E-state index in [0.717, 1.165) is 0 Å². The number of aliphatic hydroxyl groups excluding tert-OH is 1. The average Bonchev–Trinajstić information content (AvgIpc) is 2.26. The van der Waals surface area contributed by atoms with Gasteiger partial charge in [0.1, 0.15) is 5.60 Å². The third kappa shape index (κ3) is 5.06. The molecule has 2 unspecified atom stereocenters. The van der Waals surface area contributed by atoms with Gasteiger partial charge in [0.25, 0.3) is 0 Å². The van der Waals surface area contributed by atoms with E-state index >= 15 is 0 Å². The summed E-state index contributed by atoms with van der Waals surface area (Å²) in [6.07, 6.45) is 0.261. The van der Waals surface area contributed by atoms with Crippen LogP contribution in [0.5, 0.6) is 0 Å². The summed E-state index contributed by atoms with van der Waals surface area (Å²) < 4.78 is 5.30. The van der Waals surface area contributed by atoms with E-state index < -0.39 is 5.60 Å². The molecule has 2 N–H and O–H groups in total. The van der Waals surface area contributed by atoms with Gasteiger partial charge in [-0.3, -0.25) is 4.79 Å². The summed E-state index contributed by atoms with van der Waals surface area (Å²) >= 11 is 0. The molecular formula is C13H24N2O4. The van der Waals surface area contributed by atoms with Crippen molar-refractivity contribution in [2.75, 3.05) is 19.7 Å². The Kier molecular flexibility index (Phi) is 5.17. The molecule has 0 aliphatic carbocycles. The number of rotatable bonds is 2. The van der Waals surface area contributed by atoms with Gasteiger partial charge in [-0.2, -0.15) is 0 Å². The summed E-state index contributed by atoms with van der Waals surface area (Å²) in [5, 5.41) is 12.2. The molecule has 0 radical (unpaired) electrons. The zero-order chi connectivity index (χ0) is 14.6. The van der Waals surface area contributed by atoms with Crippen molar-refractivity contribution in [2.24, 2.45) is 5.92 Å². The Balaban J connectivity index is 2.58. The van der Waals surface area contributed by atoms with Gasteiger partial charge in [0.2, 0.25) is 5.91 Å². The van der Waals surface area contributed by atoms with E-state index in [1.165, 1.54) is 6.92 Å². The molecule has 6 nitrogen and oxygen atoms in total. The first-order valence-electron chi connectivity index (χ1n) is 6.59. The van der Waals surface area contributed by atoms with Gasteiger partial charge >= 0.3 is 6.09 Å². The van der Waals surface area contributed by atoms with Crippen LogP contribution in [0.4, 0.5) is 4.79 Å². The average molecular weight is 272 g/mol. The number of nitrogens with one attached hydrogen (secondary N) is 1. The maximum atomic E-state index is 11.9. The summed E-state index contributed by atoms with van der Waals surface area (Å²) in [6, 6.07) is -0.0822. The summed E-state index contributed by atoms with van der Waals surface area (Å²) in [7, 11) is 0. The number of hydrogen-bond donors (Lipinski definition) is 2. The van der Waals surface area contributed by atoms with Crippen molar-refractivity contribution in [3.8, 4) is 0 Å². The van der Waals surface area contributed by atoms with Crippen molar-refractivity contribution in [3.63, 3.8) is 0 Å². The minimum atomic E-state index is -0.528. The van der Waals surface area contributed by atoms with Crippen molar-refractivity contribution in [1.82, 2.24) is 10.2 Å². The second-order valence-corrected chi connectivity index (χ2v) is 5.96. The topological polar surface area (TPSA) is 78.9 Å². The van der Waals surface area contributed by atoms with Crippen LogP contribution in [-0.2, 0) is 9.53 Å². The molecule has 110 valence electrons. The predicted octanol–water partition coefficient (Wildman–Crippen LogP) is 0.740. The van der Waals surface area contributed by atoms with Crippen LogP contribution in [0.1, 0.15) is 34.1 Å². The Morgan fingerprint density at radius 2 is 2.05 bits per heavy atom. The highest BCUT2D eigenvalue weighted by Gasteiger charge is 2.33. The normalized spacial score (nSPS) is 23.9. The molecule has 6 heteroatoms. The molecule has 19 heavy (non-hydrogen) atoms. The highest BCUT2D eigenvalue weighted by Crippen LogP contribution is 2.19. The summed E-state index contributed by atoms with van der Waals surface area (Å²) in [6.45, 7) is 7.76. The first-order chi connectivity index (χ1) is 8.73. The van der Waals surface area contributed by atoms with Gasteiger partial charge in [-0.25, -0.2) is 4.79 Å². The fraction of sp³-hybridized carbons (Fsp3) is 0.846. The lowest BCUT2D eigenvalue weighted by atomic mass is 9.93. The molecule has 2 atom stereocenters. The molecule has 0 bridgehead atoms. The van der Waals surface area contributed by atoms with Crippen LogP contribution in [0.2, 0.25) is 0 Å². The molecule has 1 aliphatic heterocycles. The molecule has 0 spiro atoms. The Labute approximate surface area is 114 Å². The van der Waals surface area contributed by atoms with E-state index in [2.05, 4.69) is 5.32 Å². The van der Waals surface area contributed by atoms with Gasteiger partial charge in [0.05, 0.1) is 0 Å². The van der Waals surface area contributed by atoms with E-state index in [0.29, 0.717) is 19.5 Å². The van der Waals surface area contributed by atoms with Gasteiger partial charge in [0.15, 0.2) is 0 Å². The van der Waals surface area contributed by atoms with Crippen LogP contribution in [0.15, 0.2) is 0 Å². The van der Waals surface area contributed by atoms with E-state index in [-0.39, 0.29) is 30.6 Å².